The van der Waals surface area contributed by atoms with Crippen molar-refractivity contribution in [2.75, 3.05) is 0 Å². The summed E-state index contributed by atoms with van der Waals surface area (Å²) >= 11 is 0. The van der Waals surface area contributed by atoms with Gasteiger partial charge in [0.2, 0.25) is 0 Å². The summed E-state index contributed by atoms with van der Waals surface area (Å²) in [4.78, 5) is 20.6. The van der Waals surface area contributed by atoms with Crippen molar-refractivity contribution in [3.63, 3.8) is 0 Å². The number of carbonyl (C=O) groups is 1. The van der Waals surface area contributed by atoms with Gasteiger partial charge in [-0.05, 0) is 12.1 Å². The molecular formula is C9H9NO4. The Kier molecular flexibility index (Phi) is 3.17. The van der Waals surface area contributed by atoms with E-state index in [1.165, 1.54) is 6.92 Å². The van der Waals surface area contributed by atoms with Crippen molar-refractivity contribution in [1.82, 2.24) is 0 Å². The molecule has 0 bridgehead atoms. The number of esters is 1. The van der Waals surface area contributed by atoms with Crippen molar-refractivity contribution in [2.24, 2.45) is 0 Å². The van der Waals surface area contributed by atoms with Crippen molar-refractivity contribution in [2.45, 2.75) is 13.0 Å². The third kappa shape index (κ3) is 2.55. The molecule has 1 atom stereocenters. The lowest BCUT2D eigenvalue weighted by Crippen LogP contribution is -2.30. The Hall–Kier alpha value is -1.91. The Morgan fingerprint density at radius 1 is 1.43 bits per heavy atom. The average Bonchev–Trinajstić information content (AvgIpc) is 2.18. The topological polar surface area (TPSA) is 69.4 Å². The first kappa shape index (κ1) is 10.2. The second kappa shape index (κ2) is 4.36. The summed E-state index contributed by atoms with van der Waals surface area (Å²) in [7, 11) is 0. The number of carbonyl (C=O) groups excluding carboxylic acids is 1. The summed E-state index contributed by atoms with van der Waals surface area (Å²) in [5.41, 5.74) is 0. The monoisotopic (exact) mass is 195 g/mol. The Labute approximate surface area is 80.5 Å². The molecule has 0 aliphatic heterocycles. The maximum atomic E-state index is 11.1. The minimum atomic E-state index is -1.34. The molecule has 14 heavy (non-hydrogen) atoms. The highest BCUT2D eigenvalue weighted by molar-refractivity contribution is 5.76. The van der Waals surface area contributed by atoms with Gasteiger partial charge in [0.15, 0.2) is 0 Å². The summed E-state index contributed by atoms with van der Waals surface area (Å²) < 4.78 is 4.76. The van der Waals surface area contributed by atoms with Crippen LogP contribution in [-0.2, 0) is 4.79 Å². The fourth-order valence-electron chi connectivity index (χ4n) is 0.776. The maximum Gasteiger partial charge on any atom is 0.386 e. The molecule has 74 valence electrons. The summed E-state index contributed by atoms with van der Waals surface area (Å²) in [6.07, 6.45) is 0. The Morgan fingerprint density at radius 2 is 2.00 bits per heavy atom. The molecule has 0 fully saturated rings. The van der Waals surface area contributed by atoms with Crippen LogP contribution in [0.15, 0.2) is 30.3 Å². The van der Waals surface area contributed by atoms with Crippen LogP contribution in [0.2, 0.25) is 0 Å². The van der Waals surface area contributed by atoms with Crippen LogP contribution < -0.4 is 4.74 Å². The first-order chi connectivity index (χ1) is 6.61. The third-order valence-electron chi connectivity index (χ3n) is 1.62. The number of hydrogen-bond acceptors (Lipinski definition) is 4. The van der Waals surface area contributed by atoms with Crippen LogP contribution in [0.5, 0.6) is 5.75 Å². The number of nitrogens with zero attached hydrogens (tertiary/aromatic N) is 1. The van der Waals surface area contributed by atoms with E-state index in [1.54, 1.807) is 30.3 Å². The zero-order valence-corrected chi connectivity index (χ0v) is 7.54. The number of rotatable bonds is 3. The summed E-state index contributed by atoms with van der Waals surface area (Å²) in [6, 6.07) is 6.90. The van der Waals surface area contributed by atoms with Crippen molar-refractivity contribution in [3.05, 3.63) is 40.4 Å². The molecule has 5 heteroatoms. The lowest BCUT2D eigenvalue weighted by molar-refractivity contribution is -0.505. The van der Waals surface area contributed by atoms with Crippen molar-refractivity contribution < 1.29 is 14.5 Å². The molecule has 0 radical (unpaired) electrons. The number of hydrogen-bond donors (Lipinski definition) is 0. The van der Waals surface area contributed by atoms with E-state index in [9.17, 15) is 14.9 Å². The van der Waals surface area contributed by atoms with E-state index in [2.05, 4.69) is 0 Å². The highest BCUT2D eigenvalue weighted by atomic mass is 16.6. The molecule has 5 nitrogen and oxygen atoms in total. The smallest absolute Gasteiger partial charge is 0.386 e. The Morgan fingerprint density at radius 3 is 2.50 bits per heavy atom. The molecule has 0 spiro atoms. The quantitative estimate of drug-likeness (QED) is 0.315. The van der Waals surface area contributed by atoms with Crippen molar-refractivity contribution in [3.8, 4) is 5.75 Å². The highest BCUT2D eigenvalue weighted by Gasteiger charge is 2.25. The van der Waals surface area contributed by atoms with Crippen molar-refractivity contribution in [1.29, 1.82) is 0 Å². The van der Waals surface area contributed by atoms with Gasteiger partial charge in [-0.15, -0.1) is 0 Å². The van der Waals surface area contributed by atoms with E-state index >= 15 is 0 Å². The van der Waals surface area contributed by atoms with E-state index < -0.39 is 16.9 Å². The van der Waals surface area contributed by atoms with Crippen LogP contribution in [-0.4, -0.2) is 16.9 Å². The van der Waals surface area contributed by atoms with E-state index in [0.29, 0.717) is 5.75 Å². The van der Waals surface area contributed by atoms with E-state index in [4.69, 9.17) is 4.74 Å². The normalized spacial score (nSPS) is 11.8. The van der Waals surface area contributed by atoms with Crippen LogP contribution in [0, 0.1) is 10.1 Å². The van der Waals surface area contributed by atoms with E-state index in [0.717, 1.165) is 0 Å². The molecule has 1 unspecified atom stereocenters. The van der Waals surface area contributed by atoms with Gasteiger partial charge < -0.3 is 4.74 Å². The molecule has 1 aromatic rings. The molecule has 0 saturated carbocycles. The van der Waals surface area contributed by atoms with E-state index in [1.807, 2.05) is 0 Å². The minimum absolute atomic E-state index is 0.311. The predicted molar refractivity (Wildman–Crippen MR) is 48.5 cm³/mol. The van der Waals surface area contributed by atoms with Gasteiger partial charge in [-0.1, -0.05) is 18.2 Å². The summed E-state index contributed by atoms with van der Waals surface area (Å²) in [5, 5.41) is 10.2. The number of para-hydroxylation sites is 1. The SMILES string of the molecule is CC(C(=O)Oc1ccccc1)[N+](=O)[O-]. The van der Waals surface area contributed by atoms with Gasteiger partial charge in [0.25, 0.3) is 0 Å². The van der Waals surface area contributed by atoms with E-state index in [-0.39, 0.29) is 0 Å². The number of ether oxygens (including phenoxy) is 1. The summed E-state index contributed by atoms with van der Waals surface area (Å²) in [5.74, 6) is -0.549. The van der Waals surface area contributed by atoms with Gasteiger partial charge in [0.1, 0.15) is 5.75 Å². The highest BCUT2D eigenvalue weighted by Crippen LogP contribution is 2.09. The maximum absolute atomic E-state index is 11.1. The van der Waals surface area contributed by atoms with Gasteiger partial charge in [0.05, 0.1) is 0 Å². The molecule has 0 aliphatic rings. The largest absolute Gasteiger partial charge is 0.421 e. The average molecular weight is 195 g/mol. The molecule has 0 heterocycles. The van der Waals surface area contributed by atoms with Crippen LogP contribution in [0.25, 0.3) is 0 Å². The second-order valence-corrected chi connectivity index (χ2v) is 2.70. The standard InChI is InChI=1S/C9H9NO4/c1-7(10(12)13)9(11)14-8-5-3-2-4-6-8/h2-7H,1H3. The van der Waals surface area contributed by atoms with Crippen LogP contribution in [0.1, 0.15) is 6.92 Å². The van der Waals surface area contributed by atoms with Gasteiger partial charge in [-0.3, -0.25) is 10.1 Å². The zero-order chi connectivity index (χ0) is 10.6. The lowest BCUT2D eigenvalue weighted by atomic mass is 10.3. The molecule has 1 rings (SSSR count). The number of nitro groups is 1. The summed E-state index contributed by atoms with van der Waals surface area (Å²) in [6.45, 7) is 1.19. The number of benzene rings is 1. The predicted octanol–water partition coefficient (Wildman–Crippen LogP) is 1.26. The van der Waals surface area contributed by atoms with Gasteiger partial charge >= 0.3 is 12.0 Å². The molecule has 0 N–H and O–H groups in total. The third-order valence-corrected chi connectivity index (χ3v) is 1.62. The lowest BCUT2D eigenvalue weighted by Gasteiger charge is -2.04. The molecule has 0 saturated heterocycles. The minimum Gasteiger partial charge on any atom is -0.421 e. The van der Waals surface area contributed by atoms with Gasteiger partial charge in [-0.25, -0.2) is 4.79 Å². The van der Waals surface area contributed by atoms with Crippen molar-refractivity contribution >= 4 is 5.97 Å². The first-order valence-corrected chi connectivity index (χ1v) is 4.01. The van der Waals surface area contributed by atoms with Gasteiger partial charge in [0, 0.05) is 11.8 Å². The van der Waals surface area contributed by atoms with Crippen LogP contribution >= 0.6 is 0 Å². The van der Waals surface area contributed by atoms with Gasteiger partial charge in [-0.2, -0.15) is 0 Å². The Balaban J connectivity index is 2.62. The molecule has 0 aliphatic carbocycles. The second-order valence-electron chi connectivity index (χ2n) is 2.70. The molecule has 1 aromatic carbocycles. The molecule has 0 aromatic heterocycles. The fraction of sp³-hybridized carbons (Fsp3) is 0.222. The molecule has 0 amide bonds. The van der Waals surface area contributed by atoms with Crippen LogP contribution in [0.4, 0.5) is 0 Å². The van der Waals surface area contributed by atoms with Crippen LogP contribution in [0.3, 0.4) is 0 Å². The fourth-order valence-corrected chi connectivity index (χ4v) is 0.776. The first-order valence-electron chi connectivity index (χ1n) is 4.01. The zero-order valence-electron chi connectivity index (χ0n) is 7.54. The Bertz CT molecular complexity index is 336. The molecular weight excluding hydrogens is 186 g/mol.